The van der Waals surface area contributed by atoms with Crippen molar-refractivity contribution in [2.45, 2.75) is 64.3 Å². The van der Waals surface area contributed by atoms with Crippen LogP contribution < -0.4 is 5.32 Å². The SMILES string of the molecule is C[C@H](NC(=O)[C@@H]1CCCN(C(=O)c2ccco2)C1)C12CC3CC(CC(C3)C1)C2. The van der Waals surface area contributed by atoms with E-state index in [4.69, 9.17) is 4.42 Å². The summed E-state index contributed by atoms with van der Waals surface area (Å²) < 4.78 is 5.25. The van der Waals surface area contributed by atoms with E-state index in [1.54, 1.807) is 17.0 Å². The molecule has 2 amide bonds. The second-order valence-electron chi connectivity index (χ2n) is 10.1. The number of rotatable bonds is 4. The minimum atomic E-state index is -0.107. The molecule has 5 aliphatic rings. The lowest BCUT2D eigenvalue weighted by Gasteiger charge is -2.59. The van der Waals surface area contributed by atoms with Gasteiger partial charge < -0.3 is 14.6 Å². The van der Waals surface area contributed by atoms with Crippen LogP contribution in [0.4, 0.5) is 0 Å². The molecular weight excluding hydrogens is 352 g/mol. The molecule has 1 aromatic rings. The third-order valence-electron chi connectivity index (χ3n) is 8.17. The van der Waals surface area contributed by atoms with Crippen molar-refractivity contribution in [1.29, 1.82) is 0 Å². The van der Waals surface area contributed by atoms with E-state index in [2.05, 4.69) is 12.2 Å². The molecule has 5 heteroatoms. The van der Waals surface area contributed by atoms with Crippen molar-refractivity contribution in [3.63, 3.8) is 0 Å². The van der Waals surface area contributed by atoms with Crippen LogP contribution in [0.5, 0.6) is 0 Å². The van der Waals surface area contributed by atoms with Crippen LogP contribution in [-0.2, 0) is 4.79 Å². The molecule has 2 heterocycles. The fourth-order valence-electron chi connectivity index (χ4n) is 7.12. The smallest absolute Gasteiger partial charge is 0.289 e. The van der Waals surface area contributed by atoms with Crippen molar-refractivity contribution in [3.05, 3.63) is 24.2 Å². The minimum Gasteiger partial charge on any atom is -0.459 e. The van der Waals surface area contributed by atoms with Crippen LogP contribution in [0.15, 0.2) is 22.8 Å². The Kier molecular flexibility index (Phi) is 4.52. The first-order valence-corrected chi connectivity index (χ1v) is 11.2. The molecule has 1 aliphatic heterocycles. The summed E-state index contributed by atoms with van der Waals surface area (Å²) in [4.78, 5) is 27.4. The van der Waals surface area contributed by atoms with Gasteiger partial charge >= 0.3 is 0 Å². The molecule has 5 nitrogen and oxygen atoms in total. The van der Waals surface area contributed by atoms with Gasteiger partial charge in [-0.15, -0.1) is 0 Å². The number of nitrogens with zero attached hydrogens (tertiary/aromatic N) is 1. The number of amides is 2. The van der Waals surface area contributed by atoms with Gasteiger partial charge in [-0.1, -0.05) is 0 Å². The highest BCUT2D eigenvalue weighted by Gasteiger charge is 2.53. The van der Waals surface area contributed by atoms with Crippen molar-refractivity contribution in [3.8, 4) is 0 Å². The van der Waals surface area contributed by atoms with Crippen LogP contribution in [0.2, 0.25) is 0 Å². The van der Waals surface area contributed by atoms with Gasteiger partial charge in [0, 0.05) is 19.1 Å². The van der Waals surface area contributed by atoms with E-state index in [-0.39, 0.29) is 23.8 Å². The average Bonchev–Trinajstić information content (AvgIpc) is 3.21. The molecule has 6 rings (SSSR count). The van der Waals surface area contributed by atoms with E-state index in [1.165, 1.54) is 44.8 Å². The third-order valence-corrected chi connectivity index (χ3v) is 8.17. The summed E-state index contributed by atoms with van der Waals surface area (Å²) in [7, 11) is 0. The van der Waals surface area contributed by atoms with Crippen LogP contribution in [0, 0.1) is 29.1 Å². The van der Waals surface area contributed by atoms with Gasteiger partial charge in [0.15, 0.2) is 5.76 Å². The van der Waals surface area contributed by atoms with Crippen LogP contribution in [-0.4, -0.2) is 35.8 Å². The van der Waals surface area contributed by atoms with Crippen molar-refractivity contribution < 1.29 is 14.0 Å². The first-order chi connectivity index (χ1) is 13.5. The number of hydrogen-bond acceptors (Lipinski definition) is 3. The quantitative estimate of drug-likeness (QED) is 0.858. The standard InChI is InChI=1S/C23H32N2O3/c1-15(23-11-16-8-17(12-23)10-18(9-16)13-23)24-21(26)19-4-2-6-25(14-19)22(27)20-5-3-7-28-20/h3,5,7,15-19H,2,4,6,8-14H2,1H3,(H,24,26)/t15-,16?,17?,18?,19+,23?/m0/s1. The summed E-state index contributed by atoms with van der Waals surface area (Å²) in [6.45, 7) is 3.44. The Morgan fingerprint density at radius 3 is 2.46 bits per heavy atom. The van der Waals surface area contributed by atoms with E-state index < -0.39 is 0 Å². The molecule has 1 saturated heterocycles. The van der Waals surface area contributed by atoms with Gasteiger partial charge in [0.1, 0.15) is 0 Å². The van der Waals surface area contributed by atoms with Gasteiger partial charge in [-0.3, -0.25) is 9.59 Å². The molecule has 1 N–H and O–H groups in total. The summed E-state index contributed by atoms with van der Waals surface area (Å²) in [5.41, 5.74) is 0.322. The van der Waals surface area contributed by atoms with Crippen LogP contribution in [0.25, 0.3) is 0 Å². The van der Waals surface area contributed by atoms with Crippen molar-refractivity contribution in [1.82, 2.24) is 10.2 Å². The Morgan fingerprint density at radius 2 is 1.86 bits per heavy atom. The minimum absolute atomic E-state index is 0.100. The number of carbonyl (C=O) groups excluding carboxylic acids is 2. The Hall–Kier alpha value is -1.78. The maximum atomic E-state index is 13.1. The zero-order chi connectivity index (χ0) is 19.3. The molecule has 152 valence electrons. The number of nitrogens with one attached hydrogen (secondary N) is 1. The molecule has 5 fully saturated rings. The maximum absolute atomic E-state index is 13.1. The predicted octanol–water partition coefficient (Wildman–Crippen LogP) is 3.85. The molecule has 28 heavy (non-hydrogen) atoms. The fourth-order valence-corrected chi connectivity index (χ4v) is 7.12. The number of piperidine rings is 1. The second kappa shape index (κ2) is 6.93. The second-order valence-corrected chi connectivity index (χ2v) is 10.1. The van der Waals surface area contributed by atoms with Gasteiger partial charge in [-0.05, 0) is 93.6 Å². The molecule has 4 saturated carbocycles. The van der Waals surface area contributed by atoms with Crippen LogP contribution in [0.1, 0.15) is 68.8 Å². The summed E-state index contributed by atoms with van der Waals surface area (Å²) >= 11 is 0. The normalized spacial score (nSPS) is 37.7. The first-order valence-electron chi connectivity index (χ1n) is 11.2. The van der Waals surface area contributed by atoms with Crippen LogP contribution >= 0.6 is 0 Å². The molecule has 4 aliphatic carbocycles. The Labute approximate surface area is 167 Å². The van der Waals surface area contributed by atoms with Gasteiger partial charge in [0.05, 0.1) is 12.2 Å². The van der Waals surface area contributed by atoms with E-state index in [9.17, 15) is 9.59 Å². The molecule has 0 unspecified atom stereocenters. The van der Waals surface area contributed by atoms with E-state index >= 15 is 0 Å². The monoisotopic (exact) mass is 384 g/mol. The third kappa shape index (κ3) is 3.17. The number of furan rings is 1. The highest BCUT2D eigenvalue weighted by Crippen LogP contribution is 2.61. The van der Waals surface area contributed by atoms with E-state index in [1.807, 2.05) is 0 Å². The van der Waals surface area contributed by atoms with Crippen molar-refractivity contribution in [2.75, 3.05) is 13.1 Å². The molecule has 1 aromatic heterocycles. The Balaban J connectivity index is 1.22. The molecular formula is C23H32N2O3. The Bertz CT molecular complexity index is 706. The van der Waals surface area contributed by atoms with Crippen molar-refractivity contribution >= 4 is 11.8 Å². The van der Waals surface area contributed by atoms with Crippen LogP contribution in [0.3, 0.4) is 0 Å². The van der Waals surface area contributed by atoms with E-state index in [0.29, 0.717) is 24.3 Å². The first kappa shape index (κ1) is 18.3. The lowest BCUT2D eigenvalue weighted by molar-refractivity contribution is -0.131. The van der Waals surface area contributed by atoms with E-state index in [0.717, 1.165) is 30.6 Å². The summed E-state index contributed by atoms with van der Waals surface area (Å²) in [6.07, 6.45) is 11.4. The predicted molar refractivity (Wildman–Crippen MR) is 106 cm³/mol. The molecule has 4 bridgehead atoms. The van der Waals surface area contributed by atoms with Gasteiger partial charge in [-0.25, -0.2) is 0 Å². The largest absolute Gasteiger partial charge is 0.459 e. The molecule has 0 radical (unpaired) electrons. The molecule has 0 spiro atoms. The average molecular weight is 385 g/mol. The zero-order valence-electron chi connectivity index (χ0n) is 16.9. The maximum Gasteiger partial charge on any atom is 0.289 e. The molecule has 2 atom stereocenters. The summed E-state index contributed by atoms with van der Waals surface area (Å²) in [5.74, 6) is 2.97. The fraction of sp³-hybridized carbons (Fsp3) is 0.739. The van der Waals surface area contributed by atoms with Crippen molar-refractivity contribution in [2.24, 2.45) is 29.1 Å². The highest BCUT2D eigenvalue weighted by atomic mass is 16.3. The topological polar surface area (TPSA) is 62.6 Å². The van der Waals surface area contributed by atoms with Gasteiger partial charge in [0.2, 0.25) is 5.91 Å². The number of hydrogen-bond donors (Lipinski definition) is 1. The van der Waals surface area contributed by atoms with Gasteiger partial charge in [-0.2, -0.15) is 0 Å². The highest BCUT2D eigenvalue weighted by molar-refractivity contribution is 5.92. The molecule has 0 aromatic carbocycles. The zero-order valence-corrected chi connectivity index (χ0v) is 16.9. The number of carbonyl (C=O) groups is 2. The lowest BCUT2D eigenvalue weighted by atomic mass is 9.48. The lowest BCUT2D eigenvalue weighted by Crippen LogP contribution is -2.57. The van der Waals surface area contributed by atoms with Gasteiger partial charge in [0.25, 0.3) is 5.91 Å². The Morgan fingerprint density at radius 1 is 1.18 bits per heavy atom. The number of likely N-dealkylation sites (tertiary alicyclic amines) is 1. The summed E-state index contributed by atoms with van der Waals surface area (Å²) in [5, 5.41) is 3.40. The summed E-state index contributed by atoms with van der Waals surface area (Å²) in [6, 6.07) is 3.67.